The minimum absolute atomic E-state index is 0.00476. The Morgan fingerprint density at radius 2 is 1.95 bits per heavy atom. The average molecular weight is 528 g/mol. The van der Waals surface area contributed by atoms with Crippen LogP contribution in [0, 0.1) is 11.8 Å². The van der Waals surface area contributed by atoms with Crippen molar-refractivity contribution in [3.05, 3.63) is 65.6 Å². The van der Waals surface area contributed by atoms with Crippen LogP contribution in [0.3, 0.4) is 0 Å². The summed E-state index contributed by atoms with van der Waals surface area (Å²) in [4.78, 5) is 44.0. The van der Waals surface area contributed by atoms with Crippen molar-refractivity contribution in [2.75, 3.05) is 13.1 Å². The van der Waals surface area contributed by atoms with E-state index in [-0.39, 0.29) is 54.4 Å². The first kappa shape index (κ1) is 29.1. The van der Waals surface area contributed by atoms with Crippen LogP contribution in [0.1, 0.15) is 56.9 Å². The zero-order chi connectivity index (χ0) is 27.8. The second-order valence-corrected chi connectivity index (χ2v) is 10.0. The SMILES string of the molecule is CC1=C\[C@@H](O)C[C@H](O)Cc2nc(co2)C(=O)N2CCC=C2C(=O)O[C@@H](C(C)C)[C@@H](C)/C=C/C(=O)NC\C=C\1. The van der Waals surface area contributed by atoms with Crippen LogP contribution in [0.5, 0.6) is 0 Å². The van der Waals surface area contributed by atoms with Crippen LogP contribution in [-0.2, 0) is 20.7 Å². The van der Waals surface area contributed by atoms with Crippen LogP contribution in [-0.4, -0.2) is 69.3 Å². The Kier molecular flexibility index (Phi) is 10.2. The molecule has 1 aromatic rings. The molecule has 2 aliphatic rings. The third kappa shape index (κ3) is 8.00. The number of nitrogens with one attached hydrogen (secondary N) is 1. The Morgan fingerprint density at radius 3 is 2.68 bits per heavy atom. The summed E-state index contributed by atoms with van der Waals surface area (Å²) in [7, 11) is 0. The average Bonchev–Trinajstić information content (AvgIpc) is 3.52. The first-order valence-electron chi connectivity index (χ1n) is 12.9. The Bertz CT molecular complexity index is 1130. The monoisotopic (exact) mass is 527 g/mol. The van der Waals surface area contributed by atoms with E-state index < -0.39 is 30.2 Å². The quantitative estimate of drug-likeness (QED) is 0.473. The summed E-state index contributed by atoms with van der Waals surface area (Å²) >= 11 is 0. The van der Waals surface area contributed by atoms with Gasteiger partial charge in [0.1, 0.15) is 18.1 Å². The number of aromatic nitrogens is 1. The number of rotatable bonds is 1. The van der Waals surface area contributed by atoms with E-state index in [0.29, 0.717) is 13.0 Å². The molecule has 3 N–H and O–H groups in total. The molecule has 2 bridgehead atoms. The molecule has 3 heterocycles. The lowest BCUT2D eigenvalue weighted by molar-refractivity contribution is -0.149. The lowest BCUT2D eigenvalue weighted by Crippen LogP contribution is -2.36. The Labute approximate surface area is 222 Å². The molecule has 206 valence electrons. The van der Waals surface area contributed by atoms with E-state index in [9.17, 15) is 24.6 Å². The van der Waals surface area contributed by atoms with Crippen molar-refractivity contribution in [3.8, 4) is 0 Å². The number of allylic oxidation sites excluding steroid dienone is 2. The standard InChI is InChI=1S/C28H37N3O7/c1-17(2)26-19(4)9-10-24(34)29-11-5-7-18(3)13-20(32)14-21(33)15-25-30-22(16-37-25)27(35)31-12-6-8-23(31)28(36)38-26/h5,7-10,13,16-17,19-21,26,32-33H,6,11-12,14-15H2,1-4H3,(H,29,34)/b7-5+,10-9+,18-13+/t19-,20+,21-,26-/m0/s1. The van der Waals surface area contributed by atoms with Gasteiger partial charge in [-0.05, 0) is 25.3 Å². The van der Waals surface area contributed by atoms with Crippen molar-refractivity contribution in [2.45, 2.75) is 65.3 Å². The molecule has 0 aliphatic carbocycles. The highest BCUT2D eigenvalue weighted by Gasteiger charge is 2.33. The predicted molar refractivity (Wildman–Crippen MR) is 140 cm³/mol. The minimum atomic E-state index is -0.959. The highest BCUT2D eigenvalue weighted by molar-refractivity contribution is 6.00. The van der Waals surface area contributed by atoms with E-state index in [1.807, 2.05) is 20.8 Å². The first-order valence-corrected chi connectivity index (χ1v) is 12.9. The highest BCUT2D eigenvalue weighted by Crippen LogP contribution is 2.24. The van der Waals surface area contributed by atoms with Gasteiger partial charge in [-0.25, -0.2) is 9.78 Å². The van der Waals surface area contributed by atoms with E-state index in [1.54, 1.807) is 37.3 Å². The molecule has 0 radical (unpaired) electrons. The topological polar surface area (TPSA) is 142 Å². The van der Waals surface area contributed by atoms with E-state index in [2.05, 4.69) is 10.3 Å². The van der Waals surface area contributed by atoms with Gasteiger partial charge in [0.15, 0.2) is 11.6 Å². The fraction of sp³-hybridized carbons (Fsp3) is 0.500. The molecular formula is C28H37N3O7. The number of hydrogen-bond donors (Lipinski definition) is 3. The zero-order valence-corrected chi connectivity index (χ0v) is 22.3. The second-order valence-electron chi connectivity index (χ2n) is 10.0. The molecule has 4 atom stereocenters. The van der Waals surface area contributed by atoms with Gasteiger partial charge in [0, 0.05) is 25.4 Å². The molecule has 0 spiro atoms. The molecule has 0 unspecified atom stereocenters. The van der Waals surface area contributed by atoms with Crippen LogP contribution in [0.15, 0.2) is 58.4 Å². The molecule has 2 amide bonds. The number of carbonyl (C=O) groups excluding carboxylic acids is 3. The maximum atomic E-state index is 13.1. The summed E-state index contributed by atoms with van der Waals surface area (Å²) < 4.78 is 11.2. The van der Waals surface area contributed by atoms with E-state index in [4.69, 9.17) is 9.15 Å². The highest BCUT2D eigenvalue weighted by atomic mass is 16.5. The van der Waals surface area contributed by atoms with E-state index in [1.165, 1.54) is 17.2 Å². The van der Waals surface area contributed by atoms with Gasteiger partial charge in [-0.3, -0.25) is 9.59 Å². The van der Waals surface area contributed by atoms with Gasteiger partial charge in [-0.2, -0.15) is 0 Å². The van der Waals surface area contributed by atoms with Crippen LogP contribution < -0.4 is 5.32 Å². The summed E-state index contributed by atoms with van der Waals surface area (Å²) in [5, 5.41) is 23.5. The molecule has 0 fully saturated rings. The smallest absolute Gasteiger partial charge is 0.355 e. The number of cyclic esters (lactones) is 1. The van der Waals surface area contributed by atoms with Gasteiger partial charge < -0.3 is 29.6 Å². The van der Waals surface area contributed by atoms with Crippen LogP contribution >= 0.6 is 0 Å². The molecule has 10 heteroatoms. The number of aliphatic hydroxyl groups is 2. The number of carbonyl (C=O) groups is 3. The van der Waals surface area contributed by atoms with Crippen molar-refractivity contribution >= 4 is 17.8 Å². The van der Waals surface area contributed by atoms with Crippen molar-refractivity contribution in [1.29, 1.82) is 0 Å². The number of fused-ring (bicyclic) bond motifs is 3. The number of nitrogens with zero attached hydrogens (tertiary/aromatic N) is 2. The third-order valence-corrected chi connectivity index (χ3v) is 6.33. The van der Waals surface area contributed by atoms with Gasteiger partial charge in [0.25, 0.3) is 5.91 Å². The predicted octanol–water partition coefficient (Wildman–Crippen LogP) is 2.45. The maximum absolute atomic E-state index is 13.1. The lowest BCUT2D eigenvalue weighted by atomic mass is 9.94. The fourth-order valence-electron chi connectivity index (χ4n) is 4.44. The summed E-state index contributed by atoms with van der Waals surface area (Å²) in [5.74, 6) is -1.58. The fourth-order valence-corrected chi connectivity index (χ4v) is 4.44. The number of hydrogen-bond acceptors (Lipinski definition) is 8. The second kappa shape index (κ2) is 13.3. The summed E-state index contributed by atoms with van der Waals surface area (Å²) in [6.07, 6.45) is 9.22. The number of ether oxygens (including phenoxy) is 1. The molecule has 0 aromatic carbocycles. The number of aliphatic hydroxyl groups excluding tert-OH is 2. The molecule has 38 heavy (non-hydrogen) atoms. The normalized spacial score (nSPS) is 29.6. The molecule has 0 saturated carbocycles. The Morgan fingerprint density at radius 1 is 1.18 bits per heavy atom. The Hall–Kier alpha value is -3.50. The van der Waals surface area contributed by atoms with Crippen molar-refractivity contribution in [2.24, 2.45) is 11.8 Å². The lowest BCUT2D eigenvalue weighted by Gasteiger charge is -2.27. The van der Waals surface area contributed by atoms with Crippen molar-refractivity contribution < 1.29 is 33.8 Å². The van der Waals surface area contributed by atoms with E-state index in [0.717, 1.165) is 5.57 Å². The summed E-state index contributed by atoms with van der Waals surface area (Å²) in [6.45, 7) is 8.08. The van der Waals surface area contributed by atoms with Gasteiger partial charge in [0.2, 0.25) is 5.91 Å². The van der Waals surface area contributed by atoms with Crippen LogP contribution in [0.25, 0.3) is 0 Å². The largest absolute Gasteiger partial charge is 0.457 e. The number of oxazole rings is 1. The summed E-state index contributed by atoms with van der Waals surface area (Å²) in [5.41, 5.74) is 0.909. The molecule has 1 aromatic heterocycles. The number of amides is 2. The van der Waals surface area contributed by atoms with E-state index >= 15 is 0 Å². The van der Waals surface area contributed by atoms with Crippen molar-refractivity contribution in [1.82, 2.24) is 15.2 Å². The third-order valence-electron chi connectivity index (χ3n) is 6.33. The molecule has 0 saturated heterocycles. The van der Waals surface area contributed by atoms with Crippen LogP contribution in [0.4, 0.5) is 0 Å². The molecular weight excluding hydrogens is 490 g/mol. The minimum Gasteiger partial charge on any atom is -0.457 e. The molecule has 10 nitrogen and oxygen atoms in total. The summed E-state index contributed by atoms with van der Waals surface area (Å²) in [6, 6.07) is 0. The molecule has 2 aliphatic heterocycles. The van der Waals surface area contributed by atoms with Gasteiger partial charge in [-0.15, -0.1) is 0 Å². The molecule has 3 rings (SSSR count). The van der Waals surface area contributed by atoms with Gasteiger partial charge >= 0.3 is 5.97 Å². The van der Waals surface area contributed by atoms with Gasteiger partial charge in [-0.1, -0.05) is 56.7 Å². The van der Waals surface area contributed by atoms with Crippen molar-refractivity contribution in [3.63, 3.8) is 0 Å². The number of esters is 1. The zero-order valence-electron chi connectivity index (χ0n) is 22.3. The van der Waals surface area contributed by atoms with Gasteiger partial charge in [0.05, 0.1) is 18.6 Å². The first-order chi connectivity index (χ1) is 18.0. The Balaban J connectivity index is 1.86. The van der Waals surface area contributed by atoms with Crippen LogP contribution in [0.2, 0.25) is 0 Å². The maximum Gasteiger partial charge on any atom is 0.355 e.